The van der Waals surface area contributed by atoms with E-state index in [-0.39, 0.29) is 17.7 Å². The smallest absolute Gasteiger partial charge is 0.387 e. The second kappa shape index (κ2) is 7.59. The number of rotatable bonds is 6. The minimum Gasteiger partial charge on any atom is -0.435 e. The standard InChI is InChI=1S/C15H18ClF2NO2/c16-8-2-5-12-6-3-9-19(12)14(20)11-4-1-7-13(10-11)21-15(17)18/h1,4,7,10,12,15H,2-3,5-6,8-9H2. The predicted molar refractivity (Wildman–Crippen MR) is 77.1 cm³/mol. The summed E-state index contributed by atoms with van der Waals surface area (Å²) in [7, 11) is 0. The van der Waals surface area contributed by atoms with Gasteiger partial charge >= 0.3 is 6.61 Å². The Morgan fingerprint density at radius 1 is 1.48 bits per heavy atom. The summed E-state index contributed by atoms with van der Waals surface area (Å²) < 4.78 is 28.8. The molecule has 0 radical (unpaired) electrons. The Morgan fingerprint density at radius 3 is 3.00 bits per heavy atom. The van der Waals surface area contributed by atoms with Crippen LogP contribution in [0.2, 0.25) is 0 Å². The molecule has 0 aliphatic carbocycles. The Labute approximate surface area is 127 Å². The lowest BCUT2D eigenvalue weighted by Gasteiger charge is -2.24. The first kappa shape index (κ1) is 16.0. The summed E-state index contributed by atoms with van der Waals surface area (Å²) in [5.74, 6) is 0.454. The Hall–Kier alpha value is -1.36. The minimum absolute atomic E-state index is 0.00681. The van der Waals surface area contributed by atoms with Gasteiger partial charge in [0.1, 0.15) is 5.75 Å². The van der Waals surface area contributed by atoms with Crippen molar-refractivity contribution in [1.82, 2.24) is 4.90 Å². The molecule has 0 saturated carbocycles. The molecule has 1 aromatic carbocycles. The van der Waals surface area contributed by atoms with E-state index in [0.717, 1.165) is 25.7 Å². The summed E-state index contributed by atoms with van der Waals surface area (Å²) in [6.07, 6.45) is 3.68. The number of halogens is 3. The molecule has 1 amide bonds. The van der Waals surface area contributed by atoms with Gasteiger partial charge in [0.15, 0.2) is 0 Å². The van der Waals surface area contributed by atoms with Crippen LogP contribution in [0.4, 0.5) is 8.78 Å². The van der Waals surface area contributed by atoms with E-state index in [0.29, 0.717) is 18.0 Å². The Balaban J connectivity index is 2.08. The Kier molecular flexibility index (Phi) is 5.79. The SMILES string of the molecule is O=C(c1cccc(OC(F)F)c1)N1CCCC1CCCCl. The molecule has 0 spiro atoms. The fourth-order valence-corrected chi connectivity index (χ4v) is 2.84. The van der Waals surface area contributed by atoms with Gasteiger partial charge in [-0.05, 0) is 43.9 Å². The van der Waals surface area contributed by atoms with Gasteiger partial charge in [0.05, 0.1) is 0 Å². The number of nitrogens with zero attached hydrogens (tertiary/aromatic N) is 1. The van der Waals surface area contributed by atoms with Crippen LogP contribution in [0.3, 0.4) is 0 Å². The highest BCUT2D eigenvalue weighted by Crippen LogP contribution is 2.25. The van der Waals surface area contributed by atoms with Crippen LogP contribution in [-0.4, -0.2) is 35.9 Å². The van der Waals surface area contributed by atoms with E-state index in [1.807, 2.05) is 4.90 Å². The third-order valence-corrected chi connectivity index (χ3v) is 3.88. The Morgan fingerprint density at radius 2 is 2.29 bits per heavy atom. The van der Waals surface area contributed by atoms with Gasteiger partial charge in [-0.3, -0.25) is 4.79 Å². The normalized spacial score (nSPS) is 18.3. The van der Waals surface area contributed by atoms with Gasteiger partial charge in [-0.2, -0.15) is 8.78 Å². The predicted octanol–water partition coefficient (Wildman–Crippen LogP) is 3.91. The molecular weight excluding hydrogens is 300 g/mol. The second-order valence-electron chi connectivity index (χ2n) is 5.03. The average molecular weight is 318 g/mol. The molecule has 3 nitrogen and oxygen atoms in total. The van der Waals surface area contributed by atoms with E-state index in [1.54, 1.807) is 12.1 Å². The third kappa shape index (κ3) is 4.30. The maximum Gasteiger partial charge on any atom is 0.387 e. The van der Waals surface area contributed by atoms with E-state index in [2.05, 4.69) is 4.74 Å². The molecule has 0 aromatic heterocycles. The van der Waals surface area contributed by atoms with Crippen LogP contribution in [-0.2, 0) is 0 Å². The minimum atomic E-state index is -2.89. The lowest BCUT2D eigenvalue weighted by atomic mass is 10.1. The number of likely N-dealkylation sites (tertiary alicyclic amines) is 1. The van der Waals surface area contributed by atoms with Gasteiger partial charge in [0.25, 0.3) is 5.91 Å². The fourth-order valence-electron chi connectivity index (χ4n) is 2.69. The molecule has 0 bridgehead atoms. The highest BCUT2D eigenvalue weighted by Gasteiger charge is 2.29. The first-order valence-electron chi connectivity index (χ1n) is 7.03. The maximum absolute atomic E-state index is 12.5. The number of ether oxygens (including phenoxy) is 1. The van der Waals surface area contributed by atoms with Crippen molar-refractivity contribution in [2.75, 3.05) is 12.4 Å². The van der Waals surface area contributed by atoms with Crippen LogP contribution in [0.1, 0.15) is 36.0 Å². The molecule has 116 valence electrons. The molecule has 1 aliphatic heterocycles. The molecule has 2 rings (SSSR count). The molecule has 0 N–H and O–H groups in total. The zero-order valence-electron chi connectivity index (χ0n) is 11.6. The first-order valence-corrected chi connectivity index (χ1v) is 7.57. The highest BCUT2D eigenvalue weighted by molar-refractivity contribution is 6.17. The summed E-state index contributed by atoms with van der Waals surface area (Å²) in [5, 5.41) is 0. The molecule has 1 heterocycles. The largest absolute Gasteiger partial charge is 0.435 e. The average Bonchev–Trinajstić information content (AvgIpc) is 2.92. The van der Waals surface area contributed by atoms with Gasteiger partial charge in [0.2, 0.25) is 0 Å². The number of hydrogen-bond donors (Lipinski definition) is 0. The molecule has 1 aliphatic rings. The summed E-state index contributed by atoms with van der Waals surface area (Å²) in [6, 6.07) is 6.14. The molecule has 21 heavy (non-hydrogen) atoms. The van der Waals surface area contributed by atoms with Crippen LogP contribution in [0.5, 0.6) is 5.75 Å². The molecule has 1 unspecified atom stereocenters. The summed E-state index contributed by atoms with van der Waals surface area (Å²) in [6.45, 7) is -2.19. The fraction of sp³-hybridized carbons (Fsp3) is 0.533. The lowest BCUT2D eigenvalue weighted by molar-refractivity contribution is -0.0499. The molecule has 1 fully saturated rings. The zero-order valence-corrected chi connectivity index (χ0v) is 12.4. The van der Waals surface area contributed by atoms with Crippen LogP contribution >= 0.6 is 11.6 Å². The molecular formula is C15H18ClF2NO2. The van der Waals surface area contributed by atoms with Crippen molar-refractivity contribution in [3.63, 3.8) is 0 Å². The summed E-state index contributed by atoms with van der Waals surface area (Å²) in [5.41, 5.74) is 0.380. The first-order chi connectivity index (χ1) is 10.1. The van der Waals surface area contributed by atoms with Crippen LogP contribution < -0.4 is 4.74 Å². The van der Waals surface area contributed by atoms with E-state index in [9.17, 15) is 13.6 Å². The number of carbonyl (C=O) groups excluding carboxylic acids is 1. The third-order valence-electron chi connectivity index (χ3n) is 3.62. The Bertz CT molecular complexity index is 484. The van der Waals surface area contributed by atoms with E-state index in [1.165, 1.54) is 12.1 Å². The number of amides is 1. The number of carbonyl (C=O) groups is 1. The molecule has 6 heteroatoms. The van der Waals surface area contributed by atoms with Crippen molar-refractivity contribution in [1.29, 1.82) is 0 Å². The topological polar surface area (TPSA) is 29.5 Å². The molecule has 1 atom stereocenters. The second-order valence-corrected chi connectivity index (χ2v) is 5.41. The van der Waals surface area contributed by atoms with E-state index >= 15 is 0 Å². The van der Waals surface area contributed by atoms with Crippen molar-refractivity contribution in [2.45, 2.75) is 38.3 Å². The van der Waals surface area contributed by atoms with Crippen LogP contribution in [0.25, 0.3) is 0 Å². The lowest BCUT2D eigenvalue weighted by Crippen LogP contribution is -2.35. The van der Waals surface area contributed by atoms with E-state index in [4.69, 9.17) is 11.6 Å². The summed E-state index contributed by atoms with van der Waals surface area (Å²) >= 11 is 5.70. The molecule has 1 saturated heterocycles. The van der Waals surface area contributed by atoms with Crippen molar-refractivity contribution in [2.24, 2.45) is 0 Å². The summed E-state index contributed by atoms with van der Waals surface area (Å²) in [4.78, 5) is 14.3. The van der Waals surface area contributed by atoms with Gasteiger partial charge in [0, 0.05) is 24.0 Å². The maximum atomic E-state index is 12.5. The van der Waals surface area contributed by atoms with Crippen molar-refractivity contribution in [3.8, 4) is 5.75 Å². The monoisotopic (exact) mass is 317 g/mol. The van der Waals surface area contributed by atoms with Crippen molar-refractivity contribution in [3.05, 3.63) is 29.8 Å². The quantitative estimate of drug-likeness (QED) is 0.744. The van der Waals surface area contributed by atoms with Crippen molar-refractivity contribution >= 4 is 17.5 Å². The van der Waals surface area contributed by atoms with Gasteiger partial charge in [-0.25, -0.2) is 0 Å². The van der Waals surface area contributed by atoms with Crippen LogP contribution in [0, 0.1) is 0 Å². The van der Waals surface area contributed by atoms with Gasteiger partial charge < -0.3 is 9.64 Å². The van der Waals surface area contributed by atoms with E-state index < -0.39 is 6.61 Å². The number of benzene rings is 1. The van der Waals surface area contributed by atoms with Crippen LogP contribution in [0.15, 0.2) is 24.3 Å². The molecule has 1 aromatic rings. The van der Waals surface area contributed by atoms with Gasteiger partial charge in [-0.15, -0.1) is 11.6 Å². The van der Waals surface area contributed by atoms with Gasteiger partial charge in [-0.1, -0.05) is 6.07 Å². The number of hydrogen-bond acceptors (Lipinski definition) is 2. The zero-order chi connectivity index (χ0) is 15.2. The van der Waals surface area contributed by atoms with Crippen molar-refractivity contribution < 1.29 is 18.3 Å². The highest BCUT2D eigenvalue weighted by atomic mass is 35.5. The number of alkyl halides is 3.